The van der Waals surface area contributed by atoms with Crippen molar-refractivity contribution in [1.29, 1.82) is 0 Å². The van der Waals surface area contributed by atoms with Crippen LogP contribution in [0.25, 0.3) is 0 Å². The molecule has 4 nitrogen and oxygen atoms in total. The van der Waals surface area contributed by atoms with Gasteiger partial charge in [0.15, 0.2) is 5.96 Å². The summed E-state index contributed by atoms with van der Waals surface area (Å²) in [5.41, 5.74) is 2.30. The third kappa shape index (κ3) is 6.53. The average Bonchev–Trinajstić information content (AvgIpc) is 2.48. The van der Waals surface area contributed by atoms with E-state index < -0.39 is 0 Å². The highest BCUT2D eigenvalue weighted by atomic mass is 16.5. The van der Waals surface area contributed by atoms with E-state index in [9.17, 15) is 0 Å². The molecule has 0 aliphatic heterocycles. The smallest absolute Gasteiger partial charge is 0.192 e. The molecule has 0 unspecified atom stereocenters. The van der Waals surface area contributed by atoms with Crippen molar-refractivity contribution in [3.63, 3.8) is 0 Å². The van der Waals surface area contributed by atoms with E-state index in [1.807, 2.05) is 0 Å². The van der Waals surface area contributed by atoms with Gasteiger partial charge in [-0.25, -0.2) is 0 Å². The Bertz CT molecular complexity index is 530. The van der Waals surface area contributed by atoms with Gasteiger partial charge < -0.3 is 15.4 Å². The lowest BCUT2D eigenvalue weighted by Gasteiger charge is -2.15. The van der Waals surface area contributed by atoms with Gasteiger partial charge in [-0.05, 0) is 30.9 Å². The van der Waals surface area contributed by atoms with Crippen molar-refractivity contribution < 1.29 is 4.74 Å². The van der Waals surface area contributed by atoms with E-state index in [1.54, 1.807) is 7.05 Å². The molecular formula is C18H27N3O. The molecule has 0 saturated carbocycles. The standard InChI is InChI=1S/C18H27N3O/c1-6-10-20-18(19-5)21-13-16-8-7-15(4)12-17(16)22-11-9-14(2)3/h1,7-8,12,14H,9-11,13H2,2-5H3,(H2,19,20,21). The van der Waals surface area contributed by atoms with E-state index in [0.717, 1.165) is 24.3 Å². The summed E-state index contributed by atoms with van der Waals surface area (Å²) in [7, 11) is 1.72. The molecule has 0 atom stereocenters. The van der Waals surface area contributed by atoms with Crippen LogP contribution in [0.5, 0.6) is 5.75 Å². The quantitative estimate of drug-likeness (QED) is 0.462. The normalized spacial score (nSPS) is 11.2. The Labute approximate surface area is 134 Å². The van der Waals surface area contributed by atoms with E-state index >= 15 is 0 Å². The molecular weight excluding hydrogens is 274 g/mol. The Morgan fingerprint density at radius 3 is 2.77 bits per heavy atom. The fraction of sp³-hybridized carbons (Fsp3) is 0.500. The highest BCUT2D eigenvalue weighted by Crippen LogP contribution is 2.21. The zero-order chi connectivity index (χ0) is 16.4. The molecule has 1 aromatic rings. The van der Waals surface area contributed by atoms with Crippen molar-refractivity contribution in [2.75, 3.05) is 20.2 Å². The maximum atomic E-state index is 5.94. The van der Waals surface area contributed by atoms with Gasteiger partial charge in [0, 0.05) is 19.2 Å². The largest absolute Gasteiger partial charge is 0.493 e. The summed E-state index contributed by atoms with van der Waals surface area (Å²) in [6.07, 6.45) is 6.29. The topological polar surface area (TPSA) is 45.7 Å². The summed E-state index contributed by atoms with van der Waals surface area (Å²) < 4.78 is 5.94. The van der Waals surface area contributed by atoms with Crippen molar-refractivity contribution >= 4 is 5.96 Å². The maximum absolute atomic E-state index is 5.94. The Hall–Kier alpha value is -2.15. The highest BCUT2D eigenvalue weighted by molar-refractivity contribution is 5.79. The number of nitrogens with zero attached hydrogens (tertiary/aromatic N) is 1. The first-order valence-corrected chi connectivity index (χ1v) is 7.67. The van der Waals surface area contributed by atoms with Gasteiger partial charge in [0.25, 0.3) is 0 Å². The lowest BCUT2D eigenvalue weighted by molar-refractivity contribution is 0.286. The second-order valence-electron chi connectivity index (χ2n) is 5.63. The van der Waals surface area contributed by atoms with Crippen LogP contribution in [0.3, 0.4) is 0 Å². The maximum Gasteiger partial charge on any atom is 0.192 e. The molecule has 0 heterocycles. The summed E-state index contributed by atoms with van der Waals surface area (Å²) in [6, 6.07) is 6.25. The molecule has 0 bridgehead atoms. The fourth-order valence-corrected chi connectivity index (χ4v) is 1.88. The van der Waals surface area contributed by atoms with Crippen LogP contribution >= 0.6 is 0 Å². The number of guanidine groups is 1. The minimum absolute atomic E-state index is 0.450. The molecule has 0 spiro atoms. The van der Waals surface area contributed by atoms with E-state index in [2.05, 4.69) is 60.5 Å². The van der Waals surface area contributed by atoms with E-state index in [4.69, 9.17) is 11.2 Å². The number of nitrogens with one attached hydrogen (secondary N) is 2. The van der Waals surface area contributed by atoms with Gasteiger partial charge in [-0.1, -0.05) is 31.9 Å². The molecule has 4 heteroatoms. The van der Waals surface area contributed by atoms with Crippen molar-refractivity contribution in [2.45, 2.75) is 33.7 Å². The third-order valence-electron chi connectivity index (χ3n) is 3.20. The number of hydrogen-bond donors (Lipinski definition) is 2. The lowest BCUT2D eigenvalue weighted by Crippen LogP contribution is -2.37. The predicted octanol–water partition coefficient (Wildman–Crippen LogP) is 2.72. The summed E-state index contributed by atoms with van der Waals surface area (Å²) in [4.78, 5) is 4.13. The number of benzene rings is 1. The van der Waals surface area contributed by atoms with E-state index in [1.165, 1.54) is 5.56 Å². The van der Waals surface area contributed by atoms with Crippen LogP contribution < -0.4 is 15.4 Å². The molecule has 0 aromatic heterocycles. The van der Waals surface area contributed by atoms with Gasteiger partial charge in [-0.2, -0.15) is 0 Å². The molecule has 0 radical (unpaired) electrons. The van der Waals surface area contributed by atoms with Crippen LogP contribution in [0.15, 0.2) is 23.2 Å². The number of terminal acetylenes is 1. The van der Waals surface area contributed by atoms with Gasteiger partial charge in [-0.3, -0.25) is 4.99 Å². The molecule has 0 aliphatic carbocycles. The minimum atomic E-state index is 0.450. The van der Waals surface area contributed by atoms with Gasteiger partial charge in [-0.15, -0.1) is 6.42 Å². The summed E-state index contributed by atoms with van der Waals surface area (Å²) >= 11 is 0. The van der Waals surface area contributed by atoms with Crippen LogP contribution in [0, 0.1) is 25.2 Å². The first kappa shape index (κ1) is 17.9. The van der Waals surface area contributed by atoms with Crippen molar-refractivity contribution in [3.05, 3.63) is 29.3 Å². The Kier molecular flexibility index (Phi) is 7.91. The van der Waals surface area contributed by atoms with Gasteiger partial charge in [0.05, 0.1) is 13.2 Å². The zero-order valence-electron chi connectivity index (χ0n) is 14.1. The van der Waals surface area contributed by atoms with Crippen molar-refractivity contribution in [1.82, 2.24) is 10.6 Å². The molecule has 0 saturated heterocycles. The summed E-state index contributed by atoms with van der Waals surface area (Å²) in [5.74, 6) is 4.79. The molecule has 1 rings (SSSR count). The van der Waals surface area contributed by atoms with Crippen LogP contribution in [-0.4, -0.2) is 26.2 Å². The Balaban J connectivity index is 2.67. The molecule has 0 amide bonds. The Morgan fingerprint density at radius 1 is 1.36 bits per heavy atom. The van der Waals surface area contributed by atoms with Crippen LogP contribution in [0.2, 0.25) is 0 Å². The van der Waals surface area contributed by atoms with Crippen LogP contribution in [0.4, 0.5) is 0 Å². The average molecular weight is 301 g/mol. The third-order valence-corrected chi connectivity index (χ3v) is 3.20. The molecule has 120 valence electrons. The van der Waals surface area contributed by atoms with Gasteiger partial charge in [0.2, 0.25) is 0 Å². The SMILES string of the molecule is C#CCNC(=NC)NCc1ccc(C)cc1OCCC(C)C. The van der Waals surface area contributed by atoms with Crippen LogP contribution in [0.1, 0.15) is 31.4 Å². The van der Waals surface area contributed by atoms with E-state index in [-0.39, 0.29) is 0 Å². The van der Waals surface area contributed by atoms with E-state index in [0.29, 0.717) is 25.0 Å². The Morgan fingerprint density at radius 2 is 2.14 bits per heavy atom. The zero-order valence-corrected chi connectivity index (χ0v) is 14.1. The monoisotopic (exact) mass is 301 g/mol. The molecule has 22 heavy (non-hydrogen) atoms. The lowest BCUT2D eigenvalue weighted by atomic mass is 10.1. The highest BCUT2D eigenvalue weighted by Gasteiger charge is 2.06. The second kappa shape index (κ2) is 9.73. The van der Waals surface area contributed by atoms with Gasteiger partial charge >= 0.3 is 0 Å². The first-order chi connectivity index (χ1) is 10.6. The van der Waals surface area contributed by atoms with Gasteiger partial charge in [0.1, 0.15) is 5.75 Å². The number of rotatable bonds is 7. The first-order valence-electron chi connectivity index (χ1n) is 7.67. The molecule has 0 aliphatic rings. The predicted molar refractivity (Wildman–Crippen MR) is 93.2 cm³/mol. The molecule has 1 aromatic carbocycles. The molecule has 2 N–H and O–H groups in total. The van der Waals surface area contributed by atoms with Crippen molar-refractivity contribution in [3.8, 4) is 18.1 Å². The van der Waals surface area contributed by atoms with Crippen molar-refractivity contribution in [2.24, 2.45) is 10.9 Å². The molecule has 0 fully saturated rings. The minimum Gasteiger partial charge on any atom is -0.493 e. The summed E-state index contributed by atoms with van der Waals surface area (Å²) in [6.45, 7) is 8.29. The summed E-state index contributed by atoms with van der Waals surface area (Å²) in [5, 5.41) is 6.28. The van der Waals surface area contributed by atoms with Crippen LogP contribution in [-0.2, 0) is 6.54 Å². The number of aliphatic imine (C=N–C) groups is 1. The fourth-order valence-electron chi connectivity index (χ4n) is 1.88. The second-order valence-corrected chi connectivity index (χ2v) is 5.63. The number of hydrogen-bond acceptors (Lipinski definition) is 2. The number of aryl methyl sites for hydroxylation is 1. The number of ether oxygens (including phenoxy) is 1.